The fourth-order valence-corrected chi connectivity index (χ4v) is 5.41. The molecule has 0 bridgehead atoms. The number of urea groups is 1. The molecule has 2 unspecified atom stereocenters. The van der Waals surface area contributed by atoms with E-state index in [-0.39, 0.29) is 24.6 Å². The van der Waals surface area contributed by atoms with Crippen LogP contribution in [0.15, 0.2) is 72.8 Å². The van der Waals surface area contributed by atoms with Crippen LogP contribution in [0, 0.1) is 0 Å². The molecular formula is C35H45N3O8. The second-order valence-corrected chi connectivity index (χ2v) is 10.9. The molecule has 3 N–H and O–H groups in total. The average molecular weight is 636 g/mol. The zero-order chi connectivity index (χ0) is 32.6. The summed E-state index contributed by atoms with van der Waals surface area (Å²) in [4.78, 5) is 24.6. The number of nitrogens with zero attached hydrogens (tertiary/aromatic N) is 1. The van der Waals surface area contributed by atoms with Crippen molar-refractivity contribution in [2.75, 3.05) is 60.2 Å². The van der Waals surface area contributed by atoms with Crippen molar-refractivity contribution in [2.45, 2.75) is 37.9 Å². The first-order chi connectivity index (χ1) is 22.5. The number of hydrogen-bond acceptors (Lipinski definition) is 7. The van der Waals surface area contributed by atoms with Gasteiger partial charge in [-0.2, -0.15) is 0 Å². The van der Waals surface area contributed by atoms with Crippen molar-refractivity contribution >= 4 is 12.1 Å². The Hall–Kier alpha value is -4.48. The van der Waals surface area contributed by atoms with Gasteiger partial charge in [-0.05, 0) is 48.2 Å². The topological polar surface area (TPSA) is 128 Å². The molecule has 0 spiro atoms. The standard InChI is InChI=1S/C35H45N3O8/c1-36-34(39)37-18-16-27-8-3-6-11-32(27)45-22-23-46-33-24-38(35(40)41)19-17-30(33)26-12-14-29(15-13-26)44-21-7-20-43-25-28-9-4-5-10-31(28)42-2/h3-6,8-15,30,33H,7,16-25H2,1-2H3,(H,40,41)(H2,36,37,39). The van der Waals surface area contributed by atoms with Crippen molar-refractivity contribution in [1.82, 2.24) is 15.5 Å². The van der Waals surface area contributed by atoms with Crippen LogP contribution in [0.1, 0.15) is 35.4 Å². The minimum atomic E-state index is -0.946. The predicted molar refractivity (Wildman–Crippen MR) is 174 cm³/mol. The molecule has 3 aromatic rings. The van der Waals surface area contributed by atoms with Gasteiger partial charge < -0.3 is 44.3 Å². The van der Waals surface area contributed by atoms with E-state index in [0.29, 0.717) is 59.0 Å². The third-order valence-electron chi connectivity index (χ3n) is 7.84. The summed E-state index contributed by atoms with van der Waals surface area (Å²) >= 11 is 0. The third-order valence-corrected chi connectivity index (χ3v) is 7.84. The van der Waals surface area contributed by atoms with Crippen LogP contribution < -0.4 is 24.8 Å². The number of para-hydroxylation sites is 2. The summed E-state index contributed by atoms with van der Waals surface area (Å²) < 4.78 is 29.4. The van der Waals surface area contributed by atoms with Gasteiger partial charge in [-0.25, -0.2) is 9.59 Å². The minimum absolute atomic E-state index is 0.0381. The SMILES string of the molecule is CNC(=O)NCCc1ccccc1OCCOC1CN(C(=O)O)CCC1c1ccc(OCCCOCc2ccccc2OC)cc1. The van der Waals surface area contributed by atoms with Gasteiger partial charge in [0.1, 0.15) is 23.9 Å². The Morgan fingerprint density at radius 3 is 2.37 bits per heavy atom. The van der Waals surface area contributed by atoms with Crippen molar-refractivity contribution in [3.63, 3.8) is 0 Å². The van der Waals surface area contributed by atoms with Crippen LogP contribution in [0.3, 0.4) is 0 Å². The van der Waals surface area contributed by atoms with Crippen LogP contribution in [0.5, 0.6) is 17.2 Å². The highest BCUT2D eigenvalue weighted by Gasteiger charge is 2.33. The van der Waals surface area contributed by atoms with Gasteiger partial charge in [-0.1, -0.05) is 48.5 Å². The Balaban J connectivity index is 1.23. The number of ether oxygens (including phenoxy) is 5. The number of piperidine rings is 1. The number of carbonyl (C=O) groups excluding carboxylic acids is 1. The molecule has 0 aromatic heterocycles. The number of carbonyl (C=O) groups is 2. The van der Waals surface area contributed by atoms with Crippen molar-refractivity contribution in [3.05, 3.63) is 89.5 Å². The van der Waals surface area contributed by atoms with E-state index in [1.807, 2.05) is 72.8 Å². The average Bonchev–Trinajstić information content (AvgIpc) is 3.09. The normalized spacial score (nSPS) is 16.0. The van der Waals surface area contributed by atoms with E-state index < -0.39 is 6.09 Å². The highest BCUT2D eigenvalue weighted by atomic mass is 16.5. The molecule has 0 aliphatic carbocycles. The smallest absolute Gasteiger partial charge is 0.407 e. The number of methoxy groups -OCH3 is 1. The Labute approximate surface area is 270 Å². The van der Waals surface area contributed by atoms with E-state index in [1.54, 1.807) is 14.2 Å². The van der Waals surface area contributed by atoms with Crippen LogP contribution in [0.2, 0.25) is 0 Å². The number of rotatable bonds is 17. The van der Waals surface area contributed by atoms with Crippen molar-refractivity contribution < 1.29 is 38.4 Å². The van der Waals surface area contributed by atoms with Crippen LogP contribution in [-0.4, -0.2) is 88.5 Å². The van der Waals surface area contributed by atoms with Crippen LogP contribution in [0.25, 0.3) is 0 Å². The third kappa shape index (κ3) is 10.6. The fourth-order valence-electron chi connectivity index (χ4n) is 5.41. The van der Waals surface area contributed by atoms with Gasteiger partial charge in [0.05, 0.1) is 46.2 Å². The van der Waals surface area contributed by atoms with E-state index >= 15 is 0 Å². The fraction of sp³-hybridized carbons (Fsp3) is 0.429. The van der Waals surface area contributed by atoms with Gasteiger partial charge in [0.2, 0.25) is 0 Å². The number of nitrogens with one attached hydrogen (secondary N) is 2. The monoisotopic (exact) mass is 635 g/mol. The van der Waals surface area contributed by atoms with E-state index in [2.05, 4.69) is 10.6 Å². The zero-order valence-electron chi connectivity index (χ0n) is 26.6. The molecule has 11 nitrogen and oxygen atoms in total. The summed E-state index contributed by atoms with van der Waals surface area (Å²) in [5.74, 6) is 2.36. The molecule has 1 aliphatic rings. The van der Waals surface area contributed by atoms with E-state index in [0.717, 1.165) is 40.4 Å². The van der Waals surface area contributed by atoms with E-state index in [1.165, 1.54) is 4.90 Å². The van der Waals surface area contributed by atoms with Gasteiger partial charge >= 0.3 is 12.1 Å². The van der Waals surface area contributed by atoms with Crippen LogP contribution in [-0.2, 0) is 22.5 Å². The number of benzene rings is 3. The number of hydrogen-bond donors (Lipinski definition) is 3. The van der Waals surface area contributed by atoms with E-state index in [9.17, 15) is 14.7 Å². The Bertz CT molecular complexity index is 1370. The molecule has 0 radical (unpaired) electrons. The highest BCUT2D eigenvalue weighted by Crippen LogP contribution is 2.32. The lowest BCUT2D eigenvalue weighted by Crippen LogP contribution is -2.46. The molecule has 2 atom stereocenters. The molecule has 11 heteroatoms. The first kappa shape index (κ1) is 34.4. The van der Waals surface area contributed by atoms with Crippen molar-refractivity contribution in [2.24, 2.45) is 0 Å². The maximum Gasteiger partial charge on any atom is 0.407 e. The zero-order valence-corrected chi connectivity index (χ0v) is 26.6. The molecule has 46 heavy (non-hydrogen) atoms. The molecule has 1 aliphatic heterocycles. The van der Waals surface area contributed by atoms with Crippen molar-refractivity contribution in [1.29, 1.82) is 0 Å². The molecule has 3 amide bonds. The van der Waals surface area contributed by atoms with Gasteiger partial charge in [-0.3, -0.25) is 0 Å². The second-order valence-electron chi connectivity index (χ2n) is 10.9. The lowest BCUT2D eigenvalue weighted by Gasteiger charge is -2.37. The quantitative estimate of drug-likeness (QED) is 0.175. The molecule has 248 valence electrons. The predicted octanol–water partition coefficient (Wildman–Crippen LogP) is 5.08. The number of carboxylic acid groups (broad SMARTS) is 1. The first-order valence-corrected chi connectivity index (χ1v) is 15.7. The summed E-state index contributed by atoms with van der Waals surface area (Å²) in [6.45, 7) is 3.42. The molecule has 4 rings (SSSR count). The van der Waals surface area contributed by atoms with Gasteiger partial charge in [0.25, 0.3) is 0 Å². The number of amides is 3. The Morgan fingerprint density at radius 1 is 0.891 bits per heavy atom. The van der Waals surface area contributed by atoms with Gasteiger partial charge in [0, 0.05) is 38.0 Å². The van der Waals surface area contributed by atoms with Gasteiger partial charge in [-0.15, -0.1) is 0 Å². The van der Waals surface area contributed by atoms with Crippen LogP contribution >= 0.6 is 0 Å². The minimum Gasteiger partial charge on any atom is -0.496 e. The highest BCUT2D eigenvalue weighted by molar-refractivity contribution is 5.73. The molecule has 3 aromatic carbocycles. The largest absolute Gasteiger partial charge is 0.496 e. The maximum atomic E-state index is 11.7. The molecule has 1 saturated heterocycles. The summed E-state index contributed by atoms with van der Waals surface area (Å²) in [5.41, 5.74) is 3.08. The van der Waals surface area contributed by atoms with Crippen molar-refractivity contribution in [3.8, 4) is 17.2 Å². The summed E-state index contributed by atoms with van der Waals surface area (Å²) in [6.07, 6.45) is 0.772. The summed E-state index contributed by atoms with van der Waals surface area (Å²) in [6, 6.07) is 23.2. The maximum absolute atomic E-state index is 11.7. The molecule has 1 fully saturated rings. The molecular weight excluding hydrogens is 590 g/mol. The molecule has 0 saturated carbocycles. The number of likely N-dealkylation sites (tertiary alicyclic amines) is 1. The lowest BCUT2D eigenvalue weighted by atomic mass is 9.87. The van der Waals surface area contributed by atoms with E-state index in [4.69, 9.17) is 23.7 Å². The Kier molecular flexibility index (Phi) is 13.8. The first-order valence-electron chi connectivity index (χ1n) is 15.7. The summed E-state index contributed by atoms with van der Waals surface area (Å²) in [5, 5.41) is 14.9. The molecule has 1 heterocycles. The van der Waals surface area contributed by atoms with Crippen LogP contribution in [0.4, 0.5) is 9.59 Å². The second kappa shape index (κ2) is 18.5. The lowest BCUT2D eigenvalue weighted by molar-refractivity contribution is -0.0207. The Morgan fingerprint density at radius 2 is 1.63 bits per heavy atom. The summed E-state index contributed by atoms with van der Waals surface area (Å²) in [7, 11) is 3.23. The van der Waals surface area contributed by atoms with Gasteiger partial charge in [0.15, 0.2) is 0 Å².